The van der Waals surface area contributed by atoms with Gasteiger partial charge in [-0.25, -0.2) is 8.42 Å². The van der Waals surface area contributed by atoms with Crippen molar-refractivity contribution in [1.29, 1.82) is 0 Å². The second kappa shape index (κ2) is 16.0. The predicted octanol–water partition coefficient (Wildman–Crippen LogP) is 7.31. The number of rotatable bonds is 13. The molecule has 4 aromatic carbocycles. The van der Waals surface area contributed by atoms with Gasteiger partial charge in [0.05, 0.1) is 22.7 Å². The van der Waals surface area contributed by atoms with Crippen molar-refractivity contribution in [2.24, 2.45) is 0 Å². The van der Waals surface area contributed by atoms with E-state index in [2.05, 4.69) is 21.2 Å². The Kier molecular flexibility index (Phi) is 11.8. The van der Waals surface area contributed by atoms with Gasteiger partial charge in [0.1, 0.15) is 18.3 Å². The highest BCUT2D eigenvalue weighted by Crippen LogP contribution is 2.32. The van der Waals surface area contributed by atoms with Gasteiger partial charge < -0.3 is 15.0 Å². The minimum atomic E-state index is -4.26. The van der Waals surface area contributed by atoms with Crippen molar-refractivity contribution in [1.82, 2.24) is 10.2 Å². The molecule has 1 atom stereocenters. The van der Waals surface area contributed by atoms with Gasteiger partial charge in [0.2, 0.25) is 11.8 Å². The molecule has 4 aromatic rings. The molecule has 48 heavy (non-hydrogen) atoms. The van der Waals surface area contributed by atoms with Crippen molar-refractivity contribution < 1.29 is 22.7 Å². The number of ether oxygens (including phenoxy) is 1. The molecule has 0 aromatic heterocycles. The van der Waals surface area contributed by atoms with Crippen molar-refractivity contribution in [3.63, 3.8) is 0 Å². The van der Waals surface area contributed by atoms with E-state index in [0.29, 0.717) is 5.75 Å². The lowest BCUT2D eigenvalue weighted by Crippen LogP contribution is -2.54. The number of amides is 2. The normalized spacial score (nSPS) is 13.9. The van der Waals surface area contributed by atoms with Gasteiger partial charge in [-0.05, 0) is 73.4 Å². The van der Waals surface area contributed by atoms with E-state index < -0.39 is 28.5 Å². The van der Waals surface area contributed by atoms with Crippen LogP contribution in [0.2, 0.25) is 5.02 Å². The third kappa shape index (κ3) is 8.78. The Hall–Kier alpha value is -3.86. The van der Waals surface area contributed by atoms with E-state index in [9.17, 15) is 18.0 Å². The van der Waals surface area contributed by atoms with Crippen LogP contribution in [0.3, 0.4) is 0 Å². The molecule has 0 bridgehead atoms. The van der Waals surface area contributed by atoms with Crippen LogP contribution in [-0.4, -0.2) is 50.9 Å². The van der Waals surface area contributed by atoms with Crippen molar-refractivity contribution >= 4 is 55.1 Å². The number of anilines is 1. The Morgan fingerprint density at radius 2 is 1.60 bits per heavy atom. The fourth-order valence-corrected chi connectivity index (χ4v) is 7.81. The first-order chi connectivity index (χ1) is 23.0. The third-order valence-corrected chi connectivity index (χ3v) is 11.2. The Morgan fingerprint density at radius 1 is 0.938 bits per heavy atom. The smallest absolute Gasteiger partial charge is 0.264 e. The van der Waals surface area contributed by atoms with Crippen LogP contribution in [0, 0.1) is 6.92 Å². The van der Waals surface area contributed by atoms with Crippen LogP contribution in [0.1, 0.15) is 42.4 Å². The monoisotopic (exact) mass is 751 g/mol. The SMILES string of the molecule is COc1ccc(N(CC(=O)N(Cc2ccc(Br)cc2)C(Cc2ccccc2)C(=O)NC2CCCC2)S(=O)(=O)c2ccc(C)cc2)cc1Cl. The van der Waals surface area contributed by atoms with Crippen LogP contribution in [-0.2, 0) is 32.6 Å². The molecule has 0 saturated heterocycles. The number of methoxy groups -OCH3 is 1. The minimum Gasteiger partial charge on any atom is -0.495 e. The lowest BCUT2D eigenvalue weighted by molar-refractivity contribution is -0.140. The van der Waals surface area contributed by atoms with Crippen molar-refractivity contribution in [2.75, 3.05) is 18.0 Å². The molecule has 5 rings (SSSR count). The summed E-state index contributed by atoms with van der Waals surface area (Å²) in [6.07, 6.45) is 4.08. The van der Waals surface area contributed by atoms with Crippen molar-refractivity contribution in [2.45, 2.75) is 62.6 Å². The van der Waals surface area contributed by atoms with Gasteiger partial charge in [0.15, 0.2) is 0 Å². The number of benzene rings is 4. The molecule has 8 nitrogen and oxygen atoms in total. The number of sulfonamides is 1. The lowest BCUT2D eigenvalue weighted by Gasteiger charge is -2.34. The molecule has 252 valence electrons. The summed E-state index contributed by atoms with van der Waals surface area (Å²) in [5.41, 5.74) is 2.75. The zero-order valence-electron chi connectivity index (χ0n) is 26.9. The summed E-state index contributed by atoms with van der Waals surface area (Å²) in [6, 6.07) is 27.2. The molecular weight excluding hydrogens is 714 g/mol. The van der Waals surface area contributed by atoms with Gasteiger partial charge >= 0.3 is 0 Å². The molecule has 1 saturated carbocycles. The quantitative estimate of drug-likeness (QED) is 0.155. The first-order valence-electron chi connectivity index (χ1n) is 15.9. The van der Waals surface area contributed by atoms with E-state index in [1.54, 1.807) is 24.3 Å². The standard InChI is InChI=1S/C37H39BrClN3O5S/c1-26-12-19-32(20-13-26)48(45,46)42(31-18-21-35(47-2)33(39)23-31)25-36(43)41(24-28-14-16-29(38)17-15-28)34(22-27-8-4-3-5-9-27)37(44)40-30-10-6-7-11-30/h3-5,8-9,12-21,23,30,34H,6-7,10-11,22,24-25H2,1-2H3,(H,40,44). The second-order valence-corrected chi connectivity index (χ2v) is 15.2. The number of hydrogen-bond acceptors (Lipinski definition) is 5. The average molecular weight is 753 g/mol. The summed E-state index contributed by atoms with van der Waals surface area (Å²) in [5, 5.41) is 3.38. The first kappa shape index (κ1) is 35.4. The maximum absolute atomic E-state index is 14.7. The van der Waals surface area contributed by atoms with Gasteiger partial charge in [-0.15, -0.1) is 0 Å². The molecule has 2 amide bonds. The summed E-state index contributed by atoms with van der Waals surface area (Å²) in [7, 11) is -2.79. The maximum atomic E-state index is 14.7. The first-order valence-corrected chi connectivity index (χ1v) is 18.5. The zero-order chi connectivity index (χ0) is 34.3. The molecule has 0 radical (unpaired) electrons. The highest BCUT2D eigenvalue weighted by atomic mass is 79.9. The van der Waals surface area contributed by atoms with Gasteiger partial charge in [-0.1, -0.05) is 101 Å². The second-order valence-electron chi connectivity index (χ2n) is 12.0. The molecular formula is C37H39BrClN3O5S. The topological polar surface area (TPSA) is 96.0 Å². The predicted molar refractivity (Wildman–Crippen MR) is 193 cm³/mol. The highest BCUT2D eigenvalue weighted by molar-refractivity contribution is 9.10. The fraction of sp³-hybridized carbons (Fsp3) is 0.297. The lowest BCUT2D eigenvalue weighted by atomic mass is 10.0. The maximum Gasteiger partial charge on any atom is 0.264 e. The van der Waals surface area contributed by atoms with Crippen molar-refractivity contribution in [3.8, 4) is 5.75 Å². The van der Waals surface area contributed by atoms with Gasteiger partial charge in [0, 0.05) is 23.5 Å². The van der Waals surface area contributed by atoms with E-state index in [1.165, 1.54) is 30.2 Å². The van der Waals surface area contributed by atoms with Crippen LogP contribution in [0.4, 0.5) is 5.69 Å². The number of carbonyl (C=O) groups is 2. The summed E-state index contributed by atoms with van der Waals surface area (Å²) in [5.74, 6) is -0.442. The third-order valence-electron chi connectivity index (χ3n) is 8.55. The molecule has 0 heterocycles. The van der Waals surface area contributed by atoms with Crippen LogP contribution < -0.4 is 14.4 Å². The fourth-order valence-electron chi connectivity index (χ4n) is 5.88. The molecule has 1 aliphatic rings. The Balaban J connectivity index is 1.58. The molecule has 1 N–H and O–H groups in total. The minimum absolute atomic E-state index is 0.0205. The van der Waals surface area contributed by atoms with Crippen LogP contribution >= 0.6 is 27.5 Å². The Bertz CT molecular complexity index is 1820. The van der Waals surface area contributed by atoms with E-state index in [0.717, 1.165) is 51.2 Å². The van der Waals surface area contributed by atoms with E-state index in [4.69, 9.17) is 16.3 Å². The number of nitrogens with zero attached hydrogens (tertiary/aromatic N) is 2. The summed E-state index contributed by atoms with van der Waals surface area (Å²) < 4.78 is 35.8. The number of halogens is 2. The van der Waals surface area contributed by atoms with Crippen LogP contribution in [0.25, 0.3) is 0 Å². The van der Waals surface area contributed by atoms with E-state index >= 15 is 0 Å². The summed E-state index contributed by atoms with van der Waals surface area (Å²) >= 11 is 9.95. The molecule has 0 aliphatic heterocycles. The largest absolute Gasteiger partial charge is 0.495 e. The molecule has 1 fully saturated rings. The number of hydrogen-bond donors (Lipinski definition) is 1. The highest BCUT2D eigenvalue weighted by Gasteiger charge is 2.35. The number of aryl methyl sites for hydroxylation is 1. The van der Waals surface area contributed by atoms with Crippen LogP contribution in [0.15, 0.2) is 106 Å². The Morgan fingerprint density at radius 3 is 2.23 bits per heavy atom. The number of carbonyl (C=O) groups excluding carboxylic acids is 2. The zero-order valence-corrected chi connectivity index (χ0v) is 30.1. The van der Waals surface area contributed by atoms with Gasteiger partial charge in [-0.3, -0.25) is 13.9 Å². The average Bonchev–Trinajstić information content (AvgIpc) is 3.59. The van der Waals surface area contributed by atoms with Gasteiger partial charge in [-0.2, -0.15) is 0 Å². The van der Waals surface area contributed by atoms with E-state index in [1.807, 2.05) is 61.5 Å². The molecule has 1 aliphatic carbocycles. The molecule has 11 heteroatoms. The molecule has 0 spiro atoms. The summed E-state index contributed by atoms with van der Waals surface area (Å²) in [4.78, 5) is 30.3. The van der Waals surface area contributed by atoms with Crippen LogP contribution in [0.5, 0.6) is 5.75 Å². The van der Waals surface area contributed by atoms with Crippen molar-refractivity contribution in [3.05, 3.63) is 123 Å². The Labute approximate surface area is 296 Å². The number of nitrogens with one attached hydrogen (secondary N) is 1. The van der Waals surface area contributed by atoms with Gasteiger partial charge in [0.25, 0.3) is 10.0 Å². The van der Waals surface area contributed by atoms with E-state index in [-0.39, 0.29) is 40.5 Å². The molecule has 1 unspecified atom stereocenters. The summed E-state index contributed by atoms with van der Waals surface area (Å²) in [6.45, 7) is 1.38.